The monoisotopic (exact) mass is 483 g/mol. The van der Waals surface area contributed by atoms with E-state index in [1.165, 1.54) is 12.1 Å². The first kappa shape index (κ1) is 24.9. The second-order valence-electron chi connectivity index (χ2n) is 7.17. The Balaban J connectivity index is 1.64. The number of hydrogen-bond donors (Lipinski definition) is 0. The van der Waals surface area contributed by atoms with Crippen molar-refractivity contribution in [3.8, 4) is 0 Å². The van der Waals surface area contributed by atoms with Crippen molar-refractivity contribution in [1.29, 1.82) is 0 Å². The van der Waals surface area contributed by atoms with Crippen molar-refractivity contribution in [3.05, 3.63) is 108 Å². The van der Waals surface area contributed by atoms with Crippen molar-refractivity contribution in [3.63, 3.8) is 0 Å². The third kappa shape index (κ3) is 7.71. The lowest BCUT2D eigenvalue weighted by atomic mass is 10.1. The summed E-state index contributed by atoms with van der Waals surface area (Å²) < 4.78 is 25.6. The van der Waals surface area contributed by atoms with Gasteiger partial charge in [-0.15, -0.1) is 11.6 Å². The molecule has 0 amide bonds. The van der Waals surface area contributed by atoms with E-state index in [0.29, 0.717) is 5.56 Å². The first-order valence-corrected chi connectivity index (χ1v) is 10.9. The Labute approximate surface area is 201 Å². The molecule has 0 spiro atoms. The third-order valence-electron chi connectivity index (χ3n) is 4.66. The topological polar surface area (TPSA) is 74.2 Å². The van der Waals surface area contributed by atoms with E-state index in [2.05, 4.69) is 5.16 Å². The number of oxime groups is 1. The van der Waals surface area contributed by atoms with E-state index in [9.17, 15) is 9.59 Å². The normalized spacial score (nSPS) is 13.6. The van der Waals surface area contributed by atoms with Gasteiger partial charge in [0.2, 0.25) is 0 Å². The molecule has 0 unspecified atom stereocenters. The lowest BCUT2D eigenvalue weighted by Gasteiger charge is -2.23. The van der Waals surface area contributed by atoms with Gasteiger partial charge in [0.25, 0.3) is 0 Å². The Bertz CT molecular complexity index is 1070. The Hall–Kier alpha value is -3.71. The van der Waals surface area contributed by atoms with Crippen LogP contribution >= 0.6 is 11.6 Å². The fourth-order valence-corrected chi connectivity index (χ4v) is 3.14. The van der Waals surface area contributed by atoms with Crippen LogP contribution in [0.4, 0.5) is 4.39 Å². The van der Waals surface area contributed by atoms with Gasteiger partial charge in [-0.25, -0.2) is 14.0 Å². The molecule has 0 aliphatic rings. The van der Waals surface area contributed by atoms with Gasteiger partial charge in [0, 0.05) is 0 Å². The first-order chi connectivity index (χ1) is 16.5. The molecular weight excluding hydrogens is 461 g/mol. The summed E-state index contributed by atoms with van der Waals surface area (Å²) in [6.45, 7) is -0.251. The molecule has 0 fully saturated rings. The molecule has 34 heavy (non-hydrogen) atoms. The highest BCUT2D eigenvalue weighted by Gasteiger charge is 2.33. The molecular formula is C26H23ClFNO5. The molecule has 3 aromatic carbocycles. The highest BCUT2D eigenvalue weighted by atomic mass is 35.5. The van der Waals surface area contributed by atoms with Crippen LogP contribution in [0.25, 0.3) is 0 Å². The molecule has 6 nitrogen and oxygen atoms in total. The van der Waals surface area contributed by atoms with Crippen molar-refractivity contribution in [1.82, 2.24) is 0 Å². The van der Waals surface area contributed by atoms with Crippen LogP contribution in [0, 0.1) is 0 Å². The average molecular weight is 484 g/mol. The maximum atomic E-state index is 15.0. The molecule has 0 aliphatic carbocycles. The quantitative estimate of drug-likeness (QED) is 0.162. The zero-order valence-corrected chi connectivity index (χ0v) is 18.9. The molecule has 0 saturated heterocycles. The number of halogens is 2. The van der Waals surface area contributed by atoms with Crippen molar-refractivity contribution < 1.29 is 28.3 Å². The summed E-state index contributed by atoms with van der Waals surface area (Å²) in [5, 5.41) is 2.45. The SMILES string of the molecule is O=C(OC[C@H](Cl)[C@@H](OC(=O)c1ccccc1)[C@H](F)C=NOCc1ccccc1)c1ccccc1. The minimum Gasteiger partial charge on any atom is -0.460 e. The Morgan fingerprint density at radius 3 is 1.97 bits per heavy atom. The largest absolute Gasteiger partial charge is 0.460 e. The maximum absolute atomic E-state index is 15.0. The molecule has 0 bridgehead atoms. The van der Waals surface area contributed by atoms with E-state index in [-0.39, 0.29) is 18.8 Å². The second kappa shape index (κ2) is 13.1. The molecule has 176 valence electrons. The van der Waals surface area contributed by atoms with E-state index >= 15 is 4.39 Å². The van der Waals surface area contributed by atoms with Gasteiger partial charge in [0.1, 0.15) is 18.6 Å². The highest BCUT2D eigenvalue weighted by Crippen LogP contribution is 2.18. The van der Waals surface area contributed by atoms with Gasteiger partial charge < -0.3 is 14.3 Å². The maximum Gasteiger partial charge on any atom is 0.338 e. The van der Waals surface area contributed by atoms with Crippen LogP contribution in [0.15, 0.2) is 96.2 Å². The van der Waals surface area contributed by atoms with Crippen LogP contribution in [0.2, 0.25) is 0 Å². The molecule has 3 aromatic rings. The number of nitrogens with zero attached hydrogens (tertiary/aromatic N) is 1. The summed E-state index contributed by atoms with van der Waals surface area (Å²) in [6, 6.07) is 25.6. The molecule has 8 heteroatoms. The number of rotatable bonds is 11. The number of esters is 2. The molecule has 0 radical (unpaired) electrons. The average Bonchev–Trinajstić information content (AvgIpc) is 2.89. The Morgan fingerprint density at radius 2 is 1.38 bits per heavy atom. The zero-order chi connectivity index (χ0) is 24.2. The van der Waals surface area contributed by atoms with E-state index in [4.69, 9.17) is 25.9 Å². The lowest BCUT2D eigenvalue weighted by Crippen LogP contribution is -2.40. The van der Waals surface area contributed by atoms with E-state index in [1.54, 1.807) is 48.5 Å². The fourth-order valence-electron chi connectivity index (χ4n) is 2.88. The number of ether oxygens (including phenoxy) is 2. The molecule has 0 N–H and O–H groups in total. The molecule has 0 saturated carbocycles. The molecule has 0 aromatic heterocycles. The van der Waals surface area contributed by atoms with Crippen molar-refractivity contribution >= 4 is 29.8 Å². The second-order valence-corrected chi connectivity index (χ2v) is 7.73. The summed E-state index contributed by atoms with van der Waals surface area (Å²) in [5.74, 6) is -1.40. The summed E-state index contributed by atoms with van der Waals surface area (Å²) in [6.07, 6.45) is -2.54. The minimum atomic E-state index is -1.92. The van der Waals surface area contributed by atoms with Crippen molar-refractivity contribution in [2.75, 3.05) is 6.61 Å². The number of alkyl halides is 2. The molecule has 0 aliphatic heterocycles. The van der Waals surface area contributed by atoms with Gasteiger partial charge in [0.15, 0.2) is 12.3 Å². The number of carbonyl (C=O) groups excluding carboxylic acids is 2. The Morgan fingerprint density at radius 1 is 0.853 bits per heavy atom. The third-order valence-corrected chi connectivity index (χ3v) is 5.03. The van der Waals surface area contributed by atoms with Gasteiger partial charge in [-0.1, -0.05) is 71.9 Å². The standard InChI is InChI=1S/C26H23ClFNO5/c27-22(18-32-25(30)20-12-6-2-7-13-20)24(34-26(31)21-14-8-3-9-15-21)23(28)16-29-33-17-19-10-4-1-5-11-19/h1-16,22-24H,17-18H2/t22-,23+,24+/m0/s1. The summed E-state index contributed by atoms with van der Waals surface area (Å²) in [4.78, 5) is 29.8. The lowest BCUT2D eigenvalue weighted by molar-refractivity contribution is 0.00651. The highest BCUT2D eigenvalue weighted by molar-refractivity contribution is 6.21. The zero-order valence-electron chi connectivity index (χ0n) is 18.1. The van der Waals surface area contributed by atoms with Gasteiger partial charge in [-0.3, -0.25) is 0 Å². The molecule has 0 heterocycles. The van der Waals surface area contributed by atoms with E-state index < -0.39 is 29.6 Å². The summed E-state index contributed by atoms with van der Waals surface area (Å²) in [5.41, 5.74) is 1.39. The van der Waals surface area contributed by atoms with Crippen LogP contribution in [0.1, 0.15) is 26.3 Å². The Kier molecular flexibility index (Phi) is 9.61. The smallest absolute Gasteiger partial charge is 0.338 e. The minimum absolute atomic E-state index is 0.136. The van der Waals surface area contributed by atoms with Crippen molar-refractivity contribution in [2.24, 2.45) is 5.16 Å². The van der Waals surface area contributed by atoms with Crippen LogP contribution in [0.5, 0.6) is 0 Å². The van der Waals surface area contributed by atoms with Crippen LogP contribution in [-0.4, -0.2) is 42.4 Å². The van der Waals surface area contributed by atoms with E-state index in [0.717, 1.165) is 11.8 Å². The first-order valence-electron chi connectivity index (χ1n) is 10.5. The van der Waals surface area contributed by atoms with Gasteiger partial charge >= 0.3 is 11.9 Å². The van der Waals surface area contributed by atoms with Gasteiger partial charge in [0.05, 0.1) is 17.3 Å². The number of hydrogen-bond acceptors (Lipinski definition) is 6. The molecule has 3 rings (SSSR count). The van der Waals surface area contributed by atoms with Crippen LogP contribution < -0.4 is 0 Å². The fraction of sp³-hybridized carbons (Fsp3) is 0.192. The van der Waals surface area contributed by atoms with Crippen LogP contribution in [-0.2, 0) is 20.9 Å². The molecule has 3 atom stereocenters. The van der Waals surface area contributed by atoms with E-state index in [1.807, 2.05) is 30.3 Å². The van der Waals surface area contributed by atoms with Crippen molar-refractivity contribution in [2.45, 2.75) is 24.3 Å². The predicted molar refractivity (Wildman–Crippen MR) is 127 cm³/mol. The van der Waals surface area contributed by atoms with Gasteiger partial charge in [-0.05, 0) is 29.8 Å². The summed E-state index contributed by atoms with van der Waals surface area (Å²) >= 11 is 6.32. The van der Waals surface area contributed by atoms with Crippen LogP contribution in [0.3, 0.4) is 0 Å². The summed E-state index contributed by atoms with van der Waals surface area (Å²) in [7, 11) is 0. The number of carbonyl (C=O) groups is 2. The predicted octanol–water partition coefficient (Wildman–Crippen LogP) is 5.22. The number of benzene rings is 3. The van der Waals surface area contributed by atoms with Gasteiger partial charge in [-0.2, -0.15) is 0 Å².